The number of aromatic nitrogens is 2. The molecule has 27 heavy (non-hydrogen) atoms. The zero-order valence-electron chi connectivity index (χ0n) is 15.5. The third-order valence-corrected chi connectivity index (χ3v) is 4.57. The molecule has 2 aromatic rings. The molecule has 0 spiro atoms. The Bertz CT molecular complexity index is 833. The van der Waals surface area contributed by atoms with Crippen LogP contribution in [0.25, 0.3) is 0 Å². The minimum atomic E-state index is -0.361. The molecule has 1 aromatic heterocycles. The van der Waals surface area contributed by atoms with Crippen molar-refractivity contribution in [3.05, 3.63) is 54.1 Å². The van der Waals surface area contributed by atoms with Gasteiger partial charge in [-0.1, -0.05) is 30.3 Å². The summed E-state index contributed by atoms with van der Waals surface area (Å²) in [5.74, 6) is 0.360. The Kier molecular flexibility index (Phi) is 5.54. The Balaban J connectivity index is 1.61. The lowest BCUT2D eigenvalue weighted by atomic mass is 10.1. The van der Waals surface area contributed by atoms with Gasteiger partial charge in [0.2, 0.25) is 11.8 Å². The molecule has 3 rings (SSSR count). The molecule has 0 saturated carbocycles. The largest absolute Gasteiger partial charge is 0.342 e. The van der Waals surface area contributed by atoms with Crippen molar-refractivity contribution in [3.63, 3.8) is 0 Å². The van der Waals surface area contributed by atoms with E-state index in [-0.39, 0.29) is 43.4 Å². The molecule has 1 aromatic carbocycles. The topological polar surface area (TPSA) is 87.5 Å². The number of rotatable bonds is 7. The molecule has 1 saturated heterocycles. The van der Waals surface area contributed by atoms with Crippen LogP contribution in [0.4, 0.5) is 4.79 Å². The summed E-state index contributed by atoms with van der Waals surface area (Å²) in [4.78, 5) is 43.1. The van der Waals surface area contributed by atoms with E-state index >= 15 is 0 Å². The Labute approximate surface area is 157 Å². The second kappa shape index (κ2) is 8.03. The zero-order valence-corrected chi connectivity index (χ0v) is 15.5. The predicted octanol–water partition coefficient (Wildman–Crippen LogP) is 1.30. The maximum absolute atomic E-state index is 12.5. The number of hydrogen-bond acceptors (Lipinski definition) is 4. The van der Waals surface area contributed by atoms with Crippen LogP contribution in [0.15, 0.2) is 42.7 Å². The normalized spacial score (nSPS) is 15.3. The van der Waals surface area contributed by atoms with Crippen LogP contribution in [0, 0.1) is 0 Å². The molecule has 1 N–H and O–H groups in total. The van der Waals surface area contributed by atoms with Crippen molar-refractivity contribution < 1.29 is 14.4 Å². The van der Waals surface area contributed by atoms with Gasteiger partial charge >= 0.3 is 6.03 Å². The lowest BCUT2D eigenvalue weighted by Crippen LogP contribution is -2.34. The SMILES string of the molecule is CN1CC(=O)N(CCCC(=O)N[C@H](c2ccccc2)c2nccn2C)C1=O. The van der Waals surface area contributed by atoms with E-state index in [1.54, 1.807) is 13.2 Å². The molecule has 142 valence electrons. The van der Waals surface area contributed by atoms with Gasteiger partial charge in [0.1, 0.15) is 18.4 Å². The van der Waals surface area contributed by atoms with Crippen LogP contribution in [-0.4, -0.2) is 57.3 Å². The van der Waals surface area contributed by atoms with Gasteiger partial charge in [-0.05, 0) is 12.0 Å². The van der Waals surface area contributed by atoms with Gasteiger partial charge in [-0.3, -0.25) is 14.5 Å². The van der Waals surface area contributed by atoms with Crippen molar-refractivity contribution in [2.24, 2.45) is 7.05 Å². The van der Waals surface area contributed by atoms with E-state index in [4.69, 9.17) is 0 Å². The fourth-order valence-electron chi connectivity index (χ4n) is 3.12. The smallest absolute Gasteiger partial charge is 0.326 e. The van der Waals surface area contributed by atoms with Crippen LogP contribution in [-0.2, 0) is 16.6 Å². The summed E-state index contributed by atoms with van der Waals surface area (Å²) in [6.07, 6.45) is 4.16. The number of benzene rings is 1. The summed E-state index contributed by atoms with van der Waals surface area (Å²) in [6.45, 7) is 0.341. The highest BCUT2D eigenvalue weighted by atomic mass is 16.2. The summed E-state index contributed by atoms with van der Waals surface area (Å²) in [7, 11) is 3.47. The fourth-order valence-corrected chi connectivity index (χ4v) is 3.12. The fraction of sp³-hybridized carbons (Fsp3) is 0.368. The van der Waals surface area contributed by atoms with E-state index < -0.39 is 0 Å². The first-order valence-corrected chi connectivity index (χ1v) is 8.84. The van der Waals surface area contributed by atoms with Crippen molar-refractivity contribution in [2.45, 2.75) is 18.9 Å². The number of urea groups is 1. The third kappa shape index (κ3) is 4.16. The van der Waals surface area contributed by atoms with E-state index in [1.807, 2.05) is 48.1 Å². The molecule has 8 heteroatoms. The summed E-state index contributed by atoms with van der Waals surface area (Å²) < 4.78 is 1.87. The summed E-state index contributed by atoms with van der Waals surface area (Å²) in [5.41, 5.74) is 0.937. The van der Waals surface area contributed by atoms with Gasteiger partial charge < -0.3 is 14.8 Å². The number of imide groups is 1. The van der Waals surface area contributed by atoms with Crippen LogP contribution < -0.4 is 5.32 Å². The first kappa shape index (κ1) is 18.6. The van der Waals surface area contributed by atoms with E-state index in [0.717, 1.165) is 11.4 Å². The van der Waals surface area contributed by atoms with Gasteiger partial charge in [-0.15, -0.1) is 0 Å². The Morgan fingerprint density at radius 3 is 2.56 bits per heavy atom. The molecule has 0 aliphatic carbocycles. The average Bonchev–Trinajstić information content (AvgIpc) is 3.18. The number of nitrogens with one attached hydrogen (secondary N) is 1. The molecule has 1 atom stereocenters. The van der Waals surface area contributed by atoms with Gasteiger partial charge in [0.25, 0.3) is 0 Å². The molecule has 1 aliphatic rings. The van der Waals surface area contributed by atoms with Gasteiger partial charge in [-0.25, -0.2) is 9.78 Å². The zero-order chi connectivity index (χ0) is 19.4. The minimum Gasteiger partial charge on any atom is -0.342 e. The van der Waals surface area contributed by atoms with Gasteiger partial charge in [0, 0.05) is 39.5 Å². The van der Waals surface area contributed by atoms with Crippen LogP contribution in [0.3, 0.4) is 0 Å². The first-order valence-electron chi connectivity index (χ1n) is 8.84. The summed E-state index contributed by atoms with van der Waals surface area (Å²) in [6, 6.07) is 8.96. The number of carbonyl (C=O) groups excluding carboxylic acids is 3. The van der Waals surface area contributed by atoms with E-state index in [9.17, 15) is 14.4 Å². The number of carbonyl (C=O) groups is 3. The van der Waals surface area contributed by atoms with Crippen LogP contribution in [0.1, 0.15) is 30.3 Å². The average molecular weight is 369 g/mol. The van der Waals surface area contributed by atoms with Crippen molar-refractivity contribution in [2.75, 3.05) is 20.1 Å². The summed E-state index contributed by atoms with van der Waals surface area (Å²) >= 11 is 0. The maximum Gasteiger partial charge on any atom is 0.326 e. The van der Waals surface area contributed by atoms with E-state index in [1.165, 1.54) is 9.80 Å². The molecule has 2 heterocycles. The van der Waals surface area contributed by atoms with Crippen LogP contribution in [0.5, 0.6) is 0 Å². The van der Waals surface area contributed by atoms with Gasteiger partial charge in [0.15, 0.2) is 0 Å². The van der Waals surface area contributed by atoms with Crippen molar-refractivity contribution in [1.29, 1.82) is 0 Å². The molecule has 0 unspecified atom stereocenters. The van der Waals surface area contributed by atoms with Gasteiger partial charge in [-0.2, -0.15) is 0 Å². The lowest BCUT2D eigenvalue weighted by molar-refractivity contribution is -0.126. The Morgan fingerprint density at radius 2 is 1.96 bits per heavy atom. The molecular weight excluding hydrogens is 346 g/mol. The number of amides is 4. The highest BCUT2D eigenvalue weighted by Crippen LogP contribution is 2.20. The third-order valence-electron chi connectivity index (χ3n) is 4.57. The number of aryl methyl sites for hydroxylation is 1. The molecule has 0 bridgehead atoms. The van der Waals surface area contributed by atoms with Crippen LogP contribution >= 0.6 is 0 Å². The van der Waals surface area contributed by atoms with Crippen molar-refractivity contribution >= 4 is 17.8 Å². The molecule has 8 nitrogen and oxygen atoms in total. The summed E-state index contributed by atoms with van der Waals surface area (Å²) in [5, 5.41) is 3.01. The number of hydrogen-bond donors (Lipinski definition) is 1. The standard InChI is InChI=1S/C19H23N5O3/c1-22-12-10-20-18(22)17(14-7-4-3-5-8-14)21-15(25)9-6-11-24-16(26)13-23(2)19(24)27/h3-5,7-8,10,12,17H,6,9,11,13H2,1-2H3,(H,21,25)/t17-/m1/s1. The number of imidazole rings is 1. The highest BCUT2D eigenvalue weighted by molar-refractivity contribution is 6.01. The second-order valence-electron chi connectivity index (χ2n) is 6.60. The van der Waals surface area contributed by atoms with E-state index in [0.29, 0.717) is 6.42 Å². The Hall–Kier alpha value is -3.16. The second-order valence-corrected chi connectivity index (χ2v) is 6.60. The number of likely N-dealkylation sites (N-methyl/N-ethyl adjacent to an activating group) is 1. The number of nitrogens with zero attached hydrogens (tertiary/aromatic N) is 4. The quantitative estimate of drug-likeness (QED) is 0.745. The predicted molar refractivity (Wildman–Crippen MR) is 98.6 cm³/mol. The molecule has 1 aliphatic heterocycles. The highest BCUT2D eigenvalue weighted by Gasteiger charge is 2.33. The molecular formula is C19H23N5O3. The lowest BCUT2D eigenvalue weighted by Gasteiger charge is -2.19. The molecule has 0 radical (unpaired) electrons. The van der Waals surface area contributed by atoms with Crippen molar-refractivity contribution in [1.82, 2.24) is 24.7 Å². The minimum absolute atomic E-state index is 0.0975. The monoisotopic (exact) mass is 369 g/mol. The molecule has 1 fully saturated rings. The Morgan fingerprint density at radius 1 is 1.22 bits per heavy atom. The van der Waals surface area contributed by atoms with Crippen LogP contribution in [0.2, 0.25) is 0 Å². The van der Waals surface area contributed by atoms with Crippen molar-refractivity contribution in [3.8, 4) is 0 Å². The maximum atomic E-state index is 12.5. The first-order chi connectivity index (χ1) is 13.0. The van der Waals surface area contributed by atoms with Gasteiger partial charge in [0.05, 0.1) is 0 Å². The van der Waals surface area contributed by atoms with E-state index in [2.05, 4.69) is 10.3 Å². The molecule has 4 amide bonds.